The number of aromatic nitrogens is 4. The van der Waals surface area contributed by atoms with Crippen molar-refractivity contribution in [2.75, 3.05) is 20.6 Å². The maximum absolute atomic E-state index is 12.9. The van der Waals surface area contributed by atoms with Crippen LogP contribution in [0, 0.1) is 13.8 Å². The highest BCUT2D eigenvalue weighted by Gasteiger charge is 2.18. The summed E-state index contributed by atoms with van der Waals surface area (Å²) in [5.74, 6) is -0.223. The minimum absolute atomic E-state index is 0.142. The third-order valence-electron chi connectivity index (χ3n) is 4.89. The van der Waals surface area contributed by atoms with Crippen LogP contribution in [0.2, 0.25) is 10.0 Å². The fourth-order valence-corrected chi connectivity index (χ4v) is 3.41. The minimum atomic E-state index is -0.223. The van der Waals surface area contributed by atoms with E-state index in [1.165, 1.54) is 0 Å². The summed E-state index contributed by atoms with van der Waals surface area (Å²) in [6.45, 7) is 4.98. The lowest BCUT2D eigenvalue weighted by molar-refractivity contribution is 0.0926. The summed E-state index contributed by atoms with van der Waals surface area (Å²) in [5.41, 5.74) is 2.99. The number of hydrogen-bond donors (Lipinski definition) is 1. The first-order valence-electron chi connectivity index (χ1n) is 9.68. The average Bonchev–Trinajstić information content (AvgIpc) is 3.27. The molecule has 0 unspecified atom stereocenters. The molecule has 0 spiro atoms. The van der Waals surface area contributed by atoms with Crippen molar-refractivity contribution in [2.24, 2.45) is 0 Å². The zero-order chi connectivity index (χ0) is 21.8. The number of aryl methyl sites for hydroxylation is 1. The van der Waals surface area contributed by atoms with Gasteiger partial charge in [-0.15, -0.1) is 0 Å². The third kappa shape index (κ3) is 5.41. The molecule has 0 aliphatic rings. The van der Waals surface area contributed by atoms with Gasteiger partial charge in [-0.1, -0.05) is 35.3 Å². The number of hydrogen-bond acceptors (Lipinski definition) is 4. The summed E-state index contributed by atoms with van der Waals surface area (Å²) < 4.78 is 3.43. The van der Waals surface area contributed by atoms with Crippen molar-refractivity contribution in [3.05, 3.63) is 69.2 Å². The van der Waals surface area contributed by atoms with Crippen molar-refractivity contribution in [3.63, 3.8) is 0 Å². The molecular formula is C21H26Cl2N6O. The number of nitrogens with one attached hydrogen (secondary N) is 1. The first-order valence-corrected chi connectivity index (χ1v) is 10.4. The highest BCUT2D eigenvalue weighted by Crippen LogP contribution is 2.21. The predicted octanol–water partition coefficient (Wildman–Crippen LogP) is 3.93. The minimum Gasteiger partial charge on any atom is -0.344 e. The highest BCUT2D eigenvalue weighted by atomic mass is 35.5. The molecule has 0 fully saturated rings. The van der Waals surface area contributed by atoms with E-state index >= 15 is 0 Å². The topological polar surface area (TPSA) is 68.0 Å². The van der Waals surface area contributed by atoms with Gasteiger partial charge in [-0.2, -0.15) is 10.2 Å². The van der Waals surface area contributed by atoms with E-state index in [2.05, 4.69) is 20.4 Å². The van der Waals surface area contributed by atoms with Crippen molar-refractivity contribution >= 4 is 29.1 Å². The molecule has 2 aromatic heterocycles. The van der Waals surface area contributed by atoms with Crippen LogP contribution in [0.3, 0.4) is 0 Å². The fourth-order valence-electron chi connectivity index (χ4n) is 3.15. The quantitative estimate of drug-likeness (QED) is 0.566. The van der Waals surface area contributed by atoms with E-state index in [0.29, 0.717) is 22.4 Å². The van der Waals surface area contributed by atoms with Gasteiger partial charge in [0.05, 0.1) is 22.5 Å². The lowest BCUT2D eigenvalue weighted by Crippen LogP contribution is -2.31. The standard InChI is InChI=1S/C21H26Cl2N6O/c1-14-20(23)15(2)29(25-14)13-28-12-10-19(26-28)21(30)24-18(9-11-27(3)4)16-5-7-17(22)8-6-16/h5-8,10,12,18H,9,11,13H2,1-4H3,(H,24,30)/t18-/m0/s1. The number of rotatable bonds is 8. The van der Waals surface area contributed by atoms with Gasteiger partial charge < -0.3 is 10.2 Å². The molecule has 0 aliphatic carbocycles. The van der Waals surface area contributed by atoms with Gasteiger partial charge in [0, 0.05) is 11.2 Å². The van der Waals surface area contributed by atoms with E-state index in [1.807, 2.05) is 52.2 Å². The van der Waals surface area contributed by atoms with Crippen molar-refractivity contribution in [1.29, 1.82) is 0 Å². The average molecular weight is 449 g/mol. The molecule has 1 N–H and O–H groups in total. The molecule has 0 saturated heterocycles. The molecule has 30 heavy (non-hydrogen) atoms. The summed E-state index contributed by atoms with van der Waals surface area (Å²) in [4.78, 5) is 14.9. The van der Waals surface area contributed by atoms with Gasteiger partial charge in [0.25, 0.3) is 5.91 Å². The molecule has 0 bridgehead atoms. The normalized spacial score (nSPS) is 12.4. The number of benzene rings is 1. The van der Waals surface area contributed by atoms with E-state index in [1.54, 1.807) is 21.6 Å². The molecule has 3 rings (SSSR count). The Labute approximate surface area is 186 Å². The van der Waals surface area contributed by atoms with E-state index in [9.17, 15) is 4.79 Å². The SMILES string of the molecule is Cc1nn(Cn2ccc(C(=O)N[C@@H](CCN(C)C)c3ccc(Cl)cc3)n2)c(C)c1Cl. The number of halogens is 2. The Morgan fingerprint density at radius 2 is 1.83 bits per heavy atom. The van der Waals surface area contributed by atoms with E-state index in [-0.39, 0.29) is 11.9 Å². The zero-order valence-corrected chi connectivity index (χ0v) is 19.1. The summed E-state index contributed by atoms with van der Waals surface area (Å²) in [6.07, 6.45) is 2.53. The van der Waals surface area contributed by atoms with Gasteiger partial charge in [-0.05, 0) is 64.7 Å². The molecule has 1 amide bonds. The summed E-state index contributed by atoms with van der Waals surface area (Å²) in [6, 6.07) is 9.10. The Hall–Kier alpha value is -2.35. The van der Waals surface area contributed by atoms with Crippen LogP contribution in [0.15, 0.2) is 36.5 Å². The second-order valence-electron chi connectivity index (χ2n) is 7.54. The zero-order valence-electron chi connectivity index (χ0n) is 17.6. The fraction of sp³-hybridized carbons (Fsp3) is 0.381. The number of carbonyl (C=O) groups excluding carboxylic acids is 1. The van der Waals surface area contributed by atoms with Crippen molar-refractivity contribution in [1.82, 2.24) is 29.8 Å². The number of carbonyl (C=O) groups is 1. The molecule has 9 heteroatoms. The van der Waals surface area contributed by atoms with Crippen LogP contribution in [-0.4, -0.2) is 51.0 Å². The van der Waals surface area contributed by atoms with Crippen LogP contribution in [0.1, 0.15) is 39.9 Å². The van der Waals surface area contributed by atoms with Gasteiger partial charge in [0.15, 0.2) is 0 Å². The second kappa shape index (κ2) is 9.64. The molecule has 0 aliphatic heterocycles. The van der Waals surface area contributed by atoms with Crippen LogP contribution in [0.5, 0.6) is 0 Å². The predicted molar refractivity (Wildman–Crippen MR) is 119 cm³/mol. The van der Waals surface area contributed by atoms with E-state index < -0.39 is 0 Å². The monoisotopic (exact) mass is 448 g/mol. The molecule has 0 radical (unpaired) electrons. The van der Waals surface area contributed by atoms with Crippen molar-refractivity contribution < 1.29 is 4.79 Å². The Morgan fingerprint density at radius 3 is 2.43 bits per heavy atom. The van der Waals surface area contributed by atoms with Crippen LogP contribution >= 0.6 is 23.2 Å². The maximum Gasteiger partial charge on any atom is 0.272 e. The van der Waals surface area contributed by atoms with Crippen molar-refractivity contribution in [2.45, 2.75) is 33.0 Å². The summed E-state index contributed by atoms with van der Waals surface area (Å²) in [5, 5.41) is 13.2. The first kappa shape index (κ1) is 22.3. The molecule has 0 saturated carbocycles. The number of nitrogens with zero attached hydrogens (tertiary/aromatic N) is 5. The van der Waals surface area contributed by atoms with Crippen LogP contribution < -0.4 is 5.32 Å². The van der Waals surface area contributed by atoms with Gasteiger partial charge >= 0.3 is 0 Å². The summed E-state index contributed by atoms with van der Waals surface area (Å²) >= 11 is 12.2. The van der Waals surface area contributed by atoms with E-state index in [4.69, 9.17) is 23.2 Å². The van der Waals surface area contributed by atoms with Crippen molar-refractivity contribution in [3.8, 4) is 0 Å². The van der Waals surface area contributed by atoms with Gasteiger partial charge in [-0.25, -0.2) is 4.68 Å². The largest absolute Gasteiger partial charge is 0.344 e. The summed E-state index contributed by atoms with van der Waals surface area (Å²) in [7, 11) is 4.02. The van der Waals surface area contributed by atoms with Gasteiger partial charge in [-0.3, -0.25) is 9.48 Å². The second-order valence-corrected chi connectivity index (χ2v) is 8.35. The Bertz CT molecular complexity index is 1010. The molecule has 7 nitrogen and oxygen atoms in total. The van der Waals surface area contributed by atoms with Crippen LogP contribution in [0.4, 0.5) is 0 Å². The molecule has 3 aromatic rings. The maximum atomic E-state index is 12.9. The van der Waals surface area contributed by atoms with Crippen LogP contribution in [-0.2, 0) is 6.67 Å². The molecule has 1 aromatic carbocycles. The lowest BCUT2D eigenvalue weighted by Gasteiger charge is -2.21. The Balaban J connectivity index is 1.72. The highest BCUT2D eigenvalue weighted by molar-refractivity contribution is 6.31. The Morgan fingerprint density at radius 1 is 1.13 bits per heavy atom. The molecular weight excluding hydrogens is 423 g/mol. The van der Waals surface area contributed by atoms with Crippen LogP contribution in [0.25, 0.3) is 0 Å². The van der Waals surface area contributed by atoms with Gasteiger partial charge in [0.1, 0.15) is 12.4 Å². The lowest BCUT2D eigenvalue weighted by atomic mass is 10.0. The molecule has 1 atom stereocenters. The smallest absolute Gasteiger partial charge is 0.272 e. The van der Waals surface area contributed by atoms with E-state index in [0.717, 1.165) is 29.9 Å². The molecule has 2 heterocycles. The van der Waals surface area contributed by atoms with Gasteiger partial charge in [0.2, 0.25) is 0 Å². The third-order valence-corrected chi connectivity index (χ3v) is 5.69. The Kier molecular flexibility index (Phi) is 7.18. The molecule has 160 valence electrons. The first-order chi connectivity index (χ1) is 14.2. The number of amides is 1.